The minimum atomic E-state index is -0.615. The van der Waals surface area contributed by atoms with Gasteiger partial charge in [0.2, 0.25) is 5.17 Å². The third-order valence-electron chi connectivity index (χ3n) is 4.00. The third kappa shape index (κ3) is 4.07. The normalized spacial score (nSPS) is 28.9. The van der Waals surface area contributed by atoms with Crippen LogP contribution in [0.5, 0.6) is 0 Å². The molecule has 0 aliphatic carbocycles. The van der Waals surface area contributed by atoms with Gasteiger partial charge in [0.1, 0.15) is 0 Å². The van der Waals surface area contributed by atoms with E-state index in [9.17, 15) is 10.1 Å². The Morgan fingerprint density at radius 1 is 1.40 bits per heavy atom. The molecule has 8 heteroatoms. The van der Waals surface area contributed by atoms with Crippen molar-refractivity contribution in [2.45, 2.75) is 6.92 Å². The highest BCUT2D eigenvalue weighted by Gasteiger charge is 2.28. The van der Waals surface area contributed by atoms with Gasteiger partial charge in [0.15, 0.2) is 5.03 Å². The van der Waals surface area contributed by atoms with E-state index in [1.807, 2.05) is 11.2 Å². The Labute approximate surface area is 123 Å². The van der Waals surface area contributed by atoms with E-state index in [-0.39, 0.29) is 0 Å². The molecule has 0 aromatic rings. The number of hydrogen-bond acceptors (Lipinski definition) is 5. The van der Waals surface area contributed by atoms with Crippen LogP contribution in [-0.4, -0.2) is 72.2 Å². The quantitative estimate of drug-likeness (QED) is 0.332. The lowest BCUT2D eigenvalue weighted by Gasteiger charge is -2.36. The van der Waals surface area contributed by atoms with Gasteiger partial charge >= 0.3 is 0 Å². The number of thioether (sulfide) groups is 1. The predicted octanol–water partition coefficient (Wildman–Crippen LogP) is 0.797. The predicted molar refractivity (Wildman–Crippen MR) is 79.4 cm³/mol. The summed E-state index contributed by atoms with van der Waals surface area (Å²) in [5.74, 6) is 1.25. The molecule has 7 nitrogen and oxygen atoms in total. The van der Waals surface area contributed by atoms with Crippen LogP contribution < -0.4 is 0 Å². The lowest BCUT2D eigenvalue weighted by atomic mass is 9.97. The second kappa shape index (κ2) is 7.24. The summed E-state index contributed by atoms with van der Waals surface area (Å²) in [5, 5.41) is 13.8. The number of nitrogens with zero attached hydrogens (tertiary/aromatic N) is 4. The number of hydrazone groups is 1. The van der Waals surface area contributed by atoms with Crippen LogP contribution in [0.15, 0.2) is 5.10 Å². The summed E-state index contributed by atoms with van der Waals surface area (Å²) in [5.41, 5.74) is 0. The van der Waals surface area contributed by atoms with Crippen molar-refractivity contribution < 1.29 is 9.77 Å². The monoisotopic (exact) mass is 302 g/mol. The summed E-state index contributed by atoms with van der Waals surface area (Å²) in [6.07, 6.45) is 1.83. The Hall–Kier alpha value is -0.860. The molecular weight excluding hydrogens is 280 g/mol. The number of amidine groups is 1. The van der Waals surface area contributed by atoms with Crippen LogP contribution in [-0.2, 0) is 4.74 Å². The van der Waals surface area contributed by atoms with Crippen LogP contribution >= 0.6 is 11.8 Å². The molecule has 0 aromatic heterocycles. The van der Waals surface area contributed by atoms with Gasteiger partial charge in [-0.3, -0.25) is 4.90 Å². The third-order valence-corrected chi connectivity index (χ3v) is 4.71. The van der Waals surface area contributed by atoms with Crippen molar-refractivity contribution >= 4 is 16.9 Å². The van der Waals surface area contributed by atoms with Crippen LogP contribution in [0.25, 0.3) is 0 Å². The maximum absolute atomic E-state index is 10.5. The summed E-state index contributed by atoms with van der Waals surface area (Å²) in [7, 11) is 0. The fourth-order valence-electron chi connectivity index (χ4n) is 2.69. The first kappa shape index (κ1) is 15.5. The first-order valence-electron chi connectivity index (χ1n) is 6.92. The maximum atomic E-state index is 10.5. The van der Waals surface area contributed by atoms with Gasteiger partial charge in [-0.1, -0.05) is 18.7 Å². The van der Waals surface area contributed by atoms with Crippen LogP contribution in [0, 0.1) is 22.0 Å². The molecule has 0 bridgehead atoms. The van der Waals surface area contributed by atoms with E-state index in [4.69, 9.17) is 4.74 Å². The molecule has 20 heavy (non-hydrogen) atoms. The molecule has 2 atom stereocenters. The second-order valence-electron chi connectivity index (χ2n) is 5.39. The molecule has 2 unspecified atom stereocenters. The van der Waals surface area contributed by atoms with Gasteiger partial charge in [-0.05, 0) is 18.1 Å². The SMILES string of the molecule is CSC(=N[N+](=O)[O-])N1CCN(CC2COCC2C)CC1. The topological polar surface area (TPSA) is 71.2 Å². The van der Waals surface area contributed by atoms with E-state index < -0.39 is 5.03 Å². The molecule has 2 heterocycles. The Kier molecular flexibility index (Phi) is 5.62. The zero-order valence-electron chi connectivity index (χ0n) is 12.0. The number of piperazine rings is 1. The molecule has 2 fully saturated rings. The molecule has 114 valence electrons. The lowest BCUT2D eigenvalue weighted by molar-refractivity contribution is -0.485. The van der Waals surface area contributed by atoms with Gasteiger partial charge in [-0.2, -0.15) is 0 Å². The van der Waals surface area contributed by atoms with Crippen LogP contribution in [0.4, 0.5) is 0 Å². The van der Waals surface area contributed by atoms with Crippen LogP contribution in [0.1, 0.15) is 6.92 Å². The molecule has 0 amide bonds. The van der Waals surface area contributed by atoms with E-state index in [0.717, 1.165) is 45.9 Å². The second-order valence-corrected chi connectivity index (χ2v) is 6.16. The first-order chi connectivity index (χ1) is 9.60. The fraction of sp³-hybridized carbons (Fsp3) is 0.917. The van der Waals surface area contributed by atoms with Gasteiger partial charge in [0.05, 0.1) is 11.7 Å². The van der Waals surface area contributed by atoms with Crippen molar-refractivity contribution in [3.8, 4) is 0 Å². The van der Waals surface area contributed by atoms with Crippen molar-refractivity contribution in [2.24, 2.45) is 16.9 Å². The minimum Gasteiger partial charge on any atom is -0.381 e. The summed E-state index contributed by atoms with van der Waals surface area (Å²) < 4.78 is 5.50. The Morgan fingerprint density at radius 2 is 2.10 bits per heavy atom. The van der Waals surface area contributed by atoms with Gasteiger partial charge in [-0.15, -0.1) is 0 Å². The number of ether oxygens (including phenoxy) is 1. The van der Waals surface area contributed by atoms with Crippen molar-refractivity contribution in [1.29, 1.82) is 0 Å². The summed E-state index contributed by atoms with van der Waals surface area (Å²) in [6.45, 7) is 8.50. The largest absolute Gasteiger partial charge is 0.381 e. The molecule has 0 spiro atoms. The van der Waals surface area contributed by atoms with E-state index >= 15 is 0 Å². The summed E-state index contributed by atoms with van der Waals surface area (Å²) >= 11 is 1.34. The highest BCUT2D eigenvalue weighted by atomic mass is 32.2. The molecule has 0 aromatic carbocycles. The maximum Gasteiger partial charge on any atom is 0.237 e. The van der Waals surface area contributed by atoms with Crippen LogP contribution in [0.3, 0.4) is 0 Å². The Balaban J connectivity index is 1.81. The zero-order chi connectivity index (χ0) is 14.5. The summed E-state index contributed by atoms with van der Waals surface area (Å²) in [6, 6.07) is 0. The Morgan fingerprint density at radius 3 is 2.60 bits per heavy atom. The molecule has 2 aliphatic rings. The number of hydrogen-bond donors (Lipinski definition) is 0. The smallest absolute Gasteiger partial charge is 0.237 e. The summed E-state index contributed by atoms with van der Waals surface area (Å²) in [4.78, 5) is 14.9. The molecule has 0 N–H and O–H groups in total. The van der Waals surface area contributed by atoms with E-state index in [0.29, 0.717) is 17.0 Å². The van der Waals surface area contributed by atoms with Gasteiger partial charge < -0.3 is 9.64 Å². The number of nitro groups is 1. The van der Waals surface area contributed by atoms with E-state index in [1.54, 1.807) is 0 Å². The van der Waals surface area contributed by atoms with Crippen molar-refractivity contribution in [3.05, 3.63) is 10.1 Å². The van der Waals surface area contributed by atoms with Crippen LogP contribution in [0.2, 0.25) is 0 Å². The fourth-order valence-corrected chi connectivity index (χ4v) is 3.28. The number of rotatable bonds is 3. The first-order valence-corrected chi connectivity index (χ1v) is 8.14. The van der Waals surface area contributed by atoms with Crippen molar-refractivity contribution in [1.82, 2.24) is 9.80 Å². The van der Waals surface area contributed by atoms with Crippen molar-refractivity contribution in [2.75, 3.05) is 52.2 Å². The lowest BCUT2D eigenvalue weighted by Crippen LogP contribution is -2.49. The minimum absolute atomic E-state index is 0.507. The highest BCUT2D eigenvalue weighted by Crippen LogP contribution is 2.21. The average Bonchev–Trinajstić information content (AvgIpc) is 2.82. The zero-order valence-corrected chi connectivity index (χ0v) is 12.8. The highest BCUT2D eigenvalue weighted by molar-refractivity contribution is 8.13. The Bertz CT molecular complexity index is 372. The van der Waals surface area contributed by atoms with Gasteiger partial charge in [0.25, 0.3) is 0 Å². The molecule has 0 radical (unpaired) electrons. The van der Waals surface area contributed by atoms with Gasteiger partial charge in [0, 0.05) is 39.3 Å². The standard InChI is InChI=1S/C12H22N4O3S/c1-10-8-19-9-11(10)7-14-3-5-15(6-4-14)12(20-2)13-16(17)18/h10-11H,3-9H2,1-2H3. The molecule has 0 saturated carbocycles. The molecule has 2 saturated heterocycles. The average molecular weight is 302 g/mol. The van der Waals surface area contributed by atoms with E-state index in [1.165, 1.54) is 11.8 Å². The van der Waals surface area contributed by atoms with Gasteiger partial charge in [-0.25, -0.2) is 10.1 Å². The molecular formula is C12H22N4O3S. The molecule has 2 rings (SSSR count). The van der Waals surface area contributed by atoms with Crippen molar-refractivity contribution in [3.63, 3.8) is 0 Å². The molecule has 2 aliphatic heterocycles. The van der Waals surface area contributed by atoms with E-state index in [2.05, 4.69) is 16.9 Å².